The van der Waals surface area contributed by atoms with Crippen molar-refractivity contribution >= 4 is 23.4 Å². The van der Waals surface area contributed by atoms with Gasteiger partial charge < -0.3 is 19.3 Å². The first-order chi connectivity index (χ1) is 17.9. The number of halogens is 7. The van der Waals surface area contributed by atoms with Crippen molar-refractivity contribution < 1.29 is 40.6 Å². The smallest absolute Gasteiger partial charge is 0.426 e. The van der Waals surface area contributed by atoms with Gasteiger partial charge in [-0.15, -0.1) is 0 Å². The highest BCUT2D eigenvalue weighted by molar-refractivity contribution is 6.34. The van der Waals surface area contributed by atoms with Crippen molar-refractivity contribution in [1.82, 2.24) is 9.80 Å². The normalized spacial score (nSPS) is 26.0. The lowest BCUT2D eigenvalue weighted by atomic mass is 9.85. The second kappa shape index (κ2) is 10.2. The SMILES string of the molecule is O=C(OC(C(F)(F)F)C(F)(F)F)N1CCC2(CCCN2Cc2cccc(N3CC4COCC4C3)c2Cl)CC1. The summed E-state index contributed by atoms with van der Waals surface area (Å²) in [7, 11) is 0. The molecule has 13 heteroatoms. The third-order valence-electron chi connectivity index (χ3n) is 8.51. The highest BCUT2D eigenvalue weighted by atomic mass is 35.5. The molecule has 0 aliphatic carbocycles. The van der Waals surface area contributed by atoms with Crippen molar-refractivity contribution in [2.24, 2.45) is 11.8 Å². The molecule has 1 aromatic rings. The number of alkyl halides is 6. The fourth-order valence-corrected chi connectivity index (χ4v) is 6.73. The topological polar surface area (TPSA) is 45.2 Å². The monoisotopic (exact) mass is 569 g/mol. The maximum Gasteiger partial charge on any atom is 0.434 e. The summed E-state index contributed by atoms with van der Waals surface area (Å²) in [6, 6.07) is 5.99. The molecule has 4 heterocycles. The van der Waals surface area contributed by atoms with E-state index in [-0.39, 0.29) is 18.6 Å². The number of fused-ring (bicyclic) bond motifs is 1. The average Bonchev–Trinajstić information content (AvgIpc) is 3.54. The van der Waals surface area contributed by atoms with Gasteiger partial charge in [0.25, 0.3) is 6.10 Å². The largest absolute Gasteiger partial charge is 0.434 e. The van der Waals surface area contributed by atoms with Crippen LogP contribution in [0.25, 0.3) is 0 Å². The van der Waals surface area contributed by atoms with Gasteiger partial charge >= 0.3 is 18.4 Å². The van der Waals surface area contributed by atoms with E-state index < -0.39 is 24.5 Å². The van der Waals surface area contributed by atoms with Crippen molar-refractivity contribution in [3.8, 4) is 0 Å². The minimum Gasteiger partial charge on any atom is -0.426 e. The number of rotatable bonds is 4. The second-order valence-electron chi connectivity index (χ2n) is 10.8. The Kier molecular flexibility index (Phi) is 7.45. The molecule has 4 saturated heterocycles. The third kappa shape index (κ3) is 5.40. The van der Waals surface area contributed by atoms with Crippen LogP contribution in [0.3, 0.4) is 0 Å². The summed E-state index contributed by atoms with van der Waals surface area (Å²) in [6.45, 7) is 4.74. The zero-order chi connectivity index (χ0) is 27.3. The highest BCUT2D eigenvalue weighted by Gasteiger charge is 2.60. The molecule has 1 spiro atoms. The van der Waals surface area contributed by atoms with Crippen LogP contribution in [0.5, 0.6) is 0 Å². The molecule has 0 bridgehead atoms. The summed E-state index contributed by atoms with van der Waals surface area (Å²) in [5.74, 6) is 1.02. The van der Waals surface area contributed by atoms with Gasteiger partial charge in [-0.2, -0.15) is 26.3 Å². The number of benzene rings is 1. The van der Waals surface area contributed by atoms with Crippen molar-refractivity contribution in [2.45, 2.75) is 56.2 Å². The van der Waals surface area contributed by atoms with Crippen LogP contribution in [-0.2, 0) is 16.0 Å². The van der Waals surface area contributed by atoms with Crippen LogP contribution in [0.1, 0.15) is 31.2 Å². The zero-order valence-corrected chi connectivity index (χ0v) is 21.4. The molecular weight excluding hydrogens is 540 g/mol. The number of carbonyl (C=O) groups is 1. The molecule has 0 saturated carbocycles. The van der Waals surface area contributed by atoms with E-state index in [4.69, 9.17) is 16.3 Å². The van der Waals surface area contributed by atoms with Crippen LogP contribution in [0.4, 0.5) is 36.8 Å². The molecule has 5 rings (SSSR count). The summed E-state index contributed by atoms with van der Waals surface area (Å²) >= 11 is 6.89. The highest BCUT2D eigenvalue weighted by Crippen LogP contribution is 2.43. The minimum absolute atomic E-state index is 0.0180. The summed E-state index contributed by atoms with van der Waals surface area (Å²) < 4.78 is 86.4. The van der Waals surface area contributed by atoms with Crippen LogP contribution in [0.15, 0.2) is 18.2 Å². The van der Waals surface area contributed by atoms with Crippen LogP contribution >= 0.6 is 11.6 Å². The maximum absolute atomic E-state index is 12.8. The molecule has 0 aromatic heterocycles. The molecule has 38 heavy (non-hydrogen) atoms. The van der Waals surface area contributed by atoms with Crippen LogP contribution < -0.4 is 4.90 Å². The first-order valence-electron chi connectivity index (χ1n) is 12.8. The van der Waals surface area contributed by atoms with E-state index in [1.54, 1.807) is 0 Å². The maximum atomic E-state index is 12.8. The molecule has 4 aliphatic heterocycles. The van der Waals surface area contributed by atoms with E-state index in [9.17, 15) is 31.1 Å². The van der Waals surface area contributed by atoms with Gasteiger partial charge in [-0.3, -0.25) is 4.90 Å². The quantitative estimate of drug-likeness (QED) is 0.449. The molecule has 0 radical (unpaired) electrons. The predicted octanol–water partition coefficient (Wildman–Crippen LogP) is 5.48. The number of carbonyl (C=O) groups excluding carboxylic acids is 1. The number of hydrogen-bond acceptors (Lipinski definition) is 5. The lowest BCUT2D eigenvalue weighted by molar-refractivity contribution is -0.308. The molecule has 2 atom stereocenters. The van der Waals surface area contributed by atoms with Gasteiger partial charge in [0.2, 0.25) is 0 Å². The standard InChI is InChI=1S/C25H30ClF6N3O3/c26-20-16(3-1-4-19(20)34-11-17-14-37-15-18(17)12-34)13-35-8-2-5-23(35)6-9-33(10-7-23)22(36)38-21(24(27,28)29)25(30,31)32/h1,3-4,17-18,21H,2,5-15H2. The predicted molar refractivity (Wildman–Crippen MR) is 127 cm³/mol. The Morgan fingerprint density at radius 2 is 1.66 bits per heavy atom. The van der Waals surface area contributed by atoms with Gasteiger partial charge in [-0.05, 0) is 43.9 Å². The summed E-state index contributed by atoms with van der Waals surface area (Å²) in [6.07, 6.45) is -14.6. The van der Waals surface area contributed by atoms with Crippen molar-refractivity contribution in [2.75, 3.05) is 50.8 Å². The number of anilines is 1. The molecule has 4 aliphatic rings. The lowest BCUT2D eigenvalue weighted by Crippen LogP contribution is -2.54. The minimum atomic E-state index is -5.73. The number of piperidine rings is 1. The van der Waals surface area contributed by atoms with Gasteiger partial charge in [0.05, 0.1) is 23.9 Å². The van der Waals surface area contributed by atoms with Crippen LogP contribution in [0, 0.1) is 11.8 Å². The number of hydrogen-bond donors (Lipinski definition) is 0. The van der Waals surface area contributed by atoms with E-state index in [0.717, 1.165) is 61.8 Å². The van der Waals surface area contributed by atoms with Crippen LogP contribution in [-0.4, -0.2) is 85.8 Å². The summed E-state index contributed by atoms with van der Waals surface area (Å²) in [5, 5.41) is 0.696. The summed E-state index contributed by atoms with van der Waals surface area (Å²) in [4.78, 5) is 17.8. The number of likely N-dealkylation sites (tertiary alicyclic amines) is 2. The Labute approximate surface area is 221 Å². The Bertz CT molecular complexity index is 1000. The van der Waals surface area contributed by atoms with E-state index in [1.165, 1.54) is 0 Å². The fraction of sp³-hybridized carbons (Fsp3) is 0.720. The molecule has 6 nitrogen and oxygen atoms in total. The Morgan fingerprint density at radius 3 is 2.26 bits per heavy atom. The fourth-order valence-electron chi connectivity index (χ4n) is 6.43. The van der Waals surface area contributed by atoms with E-state index in [2.05, 4.69) is 14.5 Å². The molecule has 1 aromatic carbocycles. The van der Waals surface area contributed by atoms with Crippen LogP contribution in [0.2, 0.25) is 5.02 Å². The lowest BCUT2D eigenvalue weighted by Gasteiger charge is -2.45. The van der Waals surface area contributed by atoms with Gasteiger partial charge in [0, 0.05) is 50.1 Å². The first kappa shape index (κ1) is 27.6. The molecule has 1 amide bonds. The molecule has 0 N–H and O–H groups in total. The Balaban J connectivity index is 1.22. The Hall–Kier alpha value is -1.92. The molecule has 212 valence electrons. The van der Waals surface area contributed by atoms with Gasteiger partial charge in [-0.25, -0.2) is 4.79 Å². The van der Waals surface area contributed by atoms with Gasteiger partial charge in [0.1, 0.15) is 0 Å². The molecule has 4 fully saturated rings. The van der Waals surface area contributed by atoms with Crippen molar-refractivity contribution in [3.63, 3.8) is 0 Å². The zero-order valence-electron chi connectivity index (χ0n) is 20.7. The van der Waals surface area contributed by atoms with E-state index in [1.807, 2.05) is 18.2 Å². The summed E-state index contributed by atoms with van der Waals surface area (Å²) in [5.41, 5.74) is 1.66. The number of amides is 1. The van der Waals surface area contributed by atoms with Gasteiger partial charge in [-0.1, -0.05) is 23.7 Å². The molecule has 2 unspecified atom stereocenters. The number of nitrogens with zero attached hydrogens (tertiary/aromatic N) is 3. The van der Waals surface area contributed by atoms with E-state index >= 15 is 0 Å². The van der Waals surface area contributed by atoms with Crippen molar-refractivity contribution in [3.05, 3.63) is 28.8 Å². The third-order valence-corrected chi connectivity index (χ3v) is 8.94. The van der Waals surface area contributed by atoms with Gasteiger partial charge in [0.15, 0.2) is 0 Å². The van der Waals surface area contributed by atoms with Crippen molar-refractivity contribution in [1.29, 1.82) is 0 Å². The second-order valence-corrected chi connectivity index (χ2v) is 11.2. The Morgan fingerprint density at radius 1 is 1.03 bits per heavy atom. The van der Waals surface area contributed by atoms with E-state index in [0.29, 0.717) is 36.2 Å². The first-order valence-corrected chi connectivity index (χ1v) is 13.2. The average molecular weight is 570 g/mol. The molecular formula is C25H30ClF6N3O3. The number of ether oxygens (including phenoxy) is 2.